The smallest absolute Gasteiger partial charge is 0.408 e. The SMILES string of the molecule is COC(=O)[C@@](NC(=O)OCc1ccccc1)(c1ccccc1)[C@@H](Nc1ccc(Br)cc1)c1ccccc1. The molecule has 0 aliphatic heterocycles. The first-order valence-corrected chi connectivity index (χ1v) is 12.5. The van der Waals surface area contributed by atoms with Gasteiger partial charge in [0, 0.05) is 10.2 Å². The number of anilines is 1. The summed E-state index contributed by atoms with van der Waals surface area (Å²) in [6, 6.07) is 34.7. The average Bonchev–Trinajstić information content (AvgIpc) is 2.96. The fraction of sp³-hybridized carbons (Fsp3) is 0.133. The van der Waals surface area contributed by atoms with Crippen molar-refractivity contribution in [3.05, 3.63) is 136 Å². The maximum atomic E-state index is 13.8. The zero-order valence-electron chi connectivity index (χ0n) is 20.3. The monoisotopic (exact) mass is 558 g/mol. The quantitative estimate of drug-likeness (QED) is 0.226. The van der Waals surface area contributed by atoms with E-state index in [2.05, 4.69) is 26.6 Å². The average molecular weight is 559 g/mol. The largest absolute Gasteiger partial charge is 0.467 e. The van der Waals surface area contributed by atoms with Crippen LogP contribution in [0.4, 0.5) is 10.5 Å². The van der Waals surface area contributed by atoms with Crippen molar-refractivity contribution >= 4 is 33.7 Å². The number of carbonyl (C=O) groups is 2. The van der Waals surface area contributed by atoms with Crippen molar-refractivity contribution in [1.29, 1.82) is 0 Å². The number of amides is 1. The number of ether oxygens (including phenoxy) is 2. The molecule has 0 saturated carbocycles. The number of carbonyl (C=O) groups excluding carboxylic acids is 2. The van der Waals surface area contributed by atoms with Gasteiger partial charge in [-0.15, -0.1) is 0 Å². The molecule has 188 valence electrons. The van der Waals surface area contributed by atoms with E-state index in [4.69, 9.17) is 9.47 Å². The van der Waals surface area contributed by atoms with E-state index in [1.165, 1.54) is 7.11 Å². The zero-order valence-corrected chi connectivity index (χ0v) is 21.9. The minimum Gasteiger partial charge on any atom is -0.467 e. The zero-order chi connectivity index (χ0) is 26.1. The van der Waals surface area contributed by atoms with Gasteiger partial charge in [0.15, 0.2) is 5.54 Å². The van der Waals surface area contributed by atoms with Crippen molar-refractivity contribution in [2.45, 2.75) is 18.2 Å². The Morgan fingerprint density at radius 3 is 1.97 bits per heavy atom. The maximum Gasteiger partial charge on any atom is 0.408 e. The lowest BCUT2D eigenvalue weighted by molar-refractivity contribution is -0.150. The number of halogens is 1. The summed E-state index contributed by atoms with van der Waals surface area (Å²) in [5.41, 5.74) is 1.22. The van der Waals surface area contributed by atoms with Gasteiger partial charge in [-0.25, -0.2) is 9.59 Å². The minimum absolute atomic E-state index is 0.0505. The molecular formula is C30H27BrN2O4. The summed E-state index contributed by atoms with van der Waals surface area (Å²) in [6.07, 6.45) is -0.753. The molecule has 0 heterocycles. The first-order valence-electron chi connectivity index (χ1n) is 11.7. The Balaban J connectivity index is 1.81. The first-order chi connectivity index (χ1) is 18.0. The predicted octanol–water partition coefficient (Wildman–Crippen LogP) is 6.60. The first kappa shape index (κ1) is 26.0. The van der Waals surface area contributed by atoms with E-state index < -0.39 is 23.6 Å². The minimum atomic E-state index is -1.67. The third-order valence-electron chi connectivity index (χ3n) is 5.97. The summed E-state index contributed by atoms with van der Waals surface area (Å²) in [7, 11) is 1.30. The number of hydrogen-bond acceptors (Lipinski definition) is 5. The molecule has 0 radical (unpaired) electrons. The van der Waals surface area contributed by atoms with Crippen LogP contribution in [0.25, 0.3) is 0 Å². The van der Waals surface area contributed by atoms with Crippen LogP contribution in [-0.2, 0) is 26.4 Å². The molecule has 4 rings (SSSR count). The van der Waals surface area contributed by atoms with Crippen LogP contribution in [0.1, 0.15) is 22.7 Å². The molecule has 37 heavy (non-hydrogen) atoms. The van der Waals surface area contributed by atoms with E-state index in [1.54, 1.807) is 12.1 Å². The van der Waals surface area contributed by atoms with Crippen LogP contribution in [0.2, 0.25) is 0 Å². The summed E-state index contributed by atoms with van der Waals surface area (Å²) in [5, 5.41) is 6.35. The second-order valence-electron chi connectivity index (χ2n) is 8.35. The molecule has 0 aromatic heterocycles. The van der Waals surface area contributed by atoms with Gasteiger partial charge in [-0.05, 0) is 41.0 Å². The summed E-state index contributed by atoms with van der Waals surface area (Å²) < 4.78 is 11.8. The predicted molar refractivity (Wildman–Crippen MR) is 147 cm³/mol. The summed E-state index contributed by atoms with van der Waals surface area (Å²) in [4.78, 5) is 27.0. The molecule has 0 spiro atoms. The molecule has 2 atom stereocenters. The van der Waals surface area contributed by atoms with Crippen molar-refractivity contribution in [3.8, 4) is 0 Å². The Labute approximate surface area is 224 Å². The summed E-state index contributed by atoms with van der Waals surface area (Å²) >= 11 is 3.46. The number of nitrogens with one attached hydrogen (secondary N) is 2. The third kappa shape index (κ3) is 6.19. The molecule has 0 unspecified atom stereocenters. The van der Waals surface area contributed by atoms with E-state index in [-0.39, 0.29) is 6.61 Å². The Morgan fingerprint density at radius 2 is 1.38 bits per heavy atom. The van der Waals surface area contributed by atoms with Gasteiger partial charge in [0.1, 0.15) is 6.61 Å². The topological polar surface area (TPSA) is 76.7 Å². The molecule has 4 aromatic carbocycles. The van der Waals surface area contributed by atoms with Crippen LogP contribution in [0.15, 0.2) is 120 Å². The second-order valence-corrected chi connectivity index (χ2v) is 9.26. The Kier molecular flexibility index (Phi) is 8.59. The highest BCUT2D eigenvalue weighted by molar-refractivity contribution is 9.10. The summed E-state index contributed by atoms with van der Waals surface area (Å²) in [6.45, 7) is 0.0505. The van der Waals surface area contributed by atoms with E-state index in [0.29, 0.717) is 5.56 Å². The van der Waals surface area contributed by atoms with Gasteiger partial charge in [0.2, 0.25) is 0 Å². The lowest BCUT2D eigenvalue weighted by atomic mass is 9.78. The molecule has 2 N–H and O–H groups in total. The number of alkyl carbamates (subject to hydrolysis) is 1. The van der Waals surface area contributed by atoms with Gasteiger partial charge in [0.25, 0.3) is 0 Å². The van der Waals surface area contributed by atoms with Crippen LogP contribution in [0.3, 0.4) is 0 Å². The van der Waals surface area contributed by atoms with E-state index in [9.17, 15) is 9.59 Å². The van der Waals surface area contributed by atoms with Crippen LogP contribution < -0.4 is 10.6 Å². The molecular weight excluding hydrogens is 532 g/mol. The molecule has 6 nitrogen and oxygen atoms in total. The van der Waals surface area contributed by atoms with Gasteiger partial charge in [-0.3, -0.25) is 5.32 Å². The van der Waals surface area contributed by atoms with E-state index >= 15 is 0 Å². The van der Waals surface area contributed by atoms with Gasteiger partial charge in [-0.2, -0.15) is 0 Å². The lowest BCUT2D eigenvalue weighted by Crippen LogP contribution is -2.58. The molecule has 0 saturated heterocycles. The standard InChI is InChI=1S/C30H27BrN2O4/c1-36-28(34)30(24-15-9-4-10-16-24,33-29(35)37-21-22-11-5-2-6-12-22)27(23-13-7-3-8-14-23)32-26-19-17-25(31)18-20-26/h2-20,27,32H,21H2,1H3,(H,33,35)/t27-,30+/m0/s1. The molecule has 7 heteroatoms. The van der Waals surface area contributed by atoms with E-state index in [0.717, 1.165) is 21.3 Å². The Bertz CT molecular complexity index is 1300. The number of rotatable bonds is 9. The molecule has 0 bridgehead atoms. The number of methoxy groups -OCH3 is 1. The lowest BCUT2D eigenvalue weighted by Gasteiger charge is -2.40. The fourth-order valence-corrected chi connectivity index (χ4v) is 4.44. The Hall–Kier alpha value is -4.10. The van der Waals surface area contributed by atoms with E-state index in [1.807, 2.05) is 103 Å². The number of esters is 1. The normalized spacial score (nSPS) is 13.0. The molecule has 0 aliphatic carbocycles. The van der Waals surface area contributed by atoms with Crippen LogP contribution in [0.5, 0.6) is 0 Å². The van der Waals surface area contributed by atoms with Crippen molar-refractivity contribution in [1.82, 2.24) is 5.32 Å². The van der Waals surface area contributed by atoms with Crippen LogP contribution in [0, 0.1) is 0 Å². The highest BCUT2D eigenvalue weighted by atomic mass is 79.9. The highest BCUT2D eigenvalue weighted by Gasteiger charge is 2.51. The van der Waals surface area contributed by atoms with Crippen LogP contribution >= 0.6 is 15.9 Å². The second kappa shape index (κ2) is 12.2. The van der Waals surface area contributed by atoms with Crippen molar-refractivity contribution in [2.75, 3.05) is 12.4 Å². The van der Waals surface area contributed by atoms with Gasteiger partial charge in [-0.1, -0.05) is 107 Å². The molecule has 0 fully saturated rings. The van der Waals surface area contributed by atoms with Gasteiger partial charge >= 0.3 is 12.1 Å². The fourth-order valence-electron chi connectivity index (χ4n) is 4.18. The third-order valence-corrected chi connectivity index (χ3v) is 6.50. The van der Waals surface area contributed by atoms with Crippen molar-refractivity contribution in [2.24, 2.45) is 0 Å². The molecule has 0 aliphatic rings. The van der Waals surface area contributed by atoms with Gasteiger partial charge < -0.3 is 14.8 Å². The van der Waals surface area contributed by atoms with Crippen LogP contribution in [-0.4, -0.2) is 19.2 Å². The molecule has 1 amide bonds. The molecule has 4 aromatic rings. The number of benzene rings is 4. The van der Waals surface area contributed by atoms with Crippen molar-refractivity contribution < 1.29 is 19.1 Å². The maximum absolute atomic E-state index is 13.8. The Morgan fingerprint density at radius 1 is 0.811 bits per heavy atom. The highest BCUT2D eigenvalue weighted by Crippen LogP contribution is 2.39. The summed E-state index contributed by atoms with van der Waals surface area (Å²) in [5.74, 6) is -0.645. The number of hydrogen-bond donors (Lipinski definition) is 2. The van der Waals surface area contributed by atoms with Gasteiger partial charge in [0.05, 0.1) is 13.2 Å². The van der Waals surface area contributed by atoms with Crippen molar-refractivity contribution in [3.63, 3.8) is 0 Å².